The van der Waals surface area contributed by atoms with Crippen molar-refractivity contribution in [1.82, 2.24) is 0 Å². The Morgan fingerprint density at radius 1 is 1.10 bits per heavy atom. The van der Waals surface area contributed by atoms with Gasteiger partial charge in [-0.05, 0) is 24.3 Å². The van der Waals surface area contributed by atoms with Crippen molar-refractivity contribution in [2.75, 3.05) is 4.43 Å². The van der Waals surface area contributed by atoms with E-state index in [0.717, 1.165) is 43.7 Å². The van der Waals surface area contributed by atoms with E-state index in [1.807, 2.05) is 24.3 Å². The van der Waals surface area contributed by atoms with E-state index >= 15 is 0 Å². The Labute approximate surface area is 145 Å². The SMILES string of the molecule is Brc1ccc2c(c1)C1=C(CC(CI)O1)c1ccccc1O2. The third kappa shape index (κ3) is 2.28. The molecule has 2 heterocycles. The normalized spacial score (nSPS) is 19.0. The van der Waals surface area contributed by atoms with Crippen molar-refractivity contribution < 1.29 is 9.47 Å². The lowest BCUT2D eigenvalue weighted by Crippen LogP contribution is -2.07. The van der Waals surface area contributed by atoms with Gasteiger partial charge in [-0.3, -0.25) is 0 Å². The molecule has 0 fully saturated rings. The van der Waals surface area contributed by atoms with Gasteiger partial charge in [0.25, 0.3) is 0 Å². The van der Waals surface area contributed by atoms with Crippen LogP contribution < -0.4 is 4.74 Å². The topological polar surface area (TPSA) is 18.5 Å². The molecule has 0 amide bonds. The molecule has 4 heteroatoms. The Morgan fingerprint density at radius 3 is 2.76 bits per heavy atom. The molecule has 0 N–H and O–H groups in total. The summed E-state index contributed by atoms with van der Waals surface area (Å²) in [5.41, 5.74) is 3.43. The molecule has 0 bridgehead atoms. The minimum absolute atomic E-state index is 0.244. The van der Waals surface area contributed by atoms with Crippen LogP contribution in [0.3, 0.4) is 0 Å². The van der Waals surface area contributed by atoms with Crippen molar-refractivity contribution in [3.05, 3.63) is 58.1 Å². The van der Waals surface area contributed by atoms with Crippen molar-refractivity contribution in [2.24, 2.45) is 0 Å². The van der Waals surface area contributed by atoms with Crippen LogP contribution in [0.1, 0.15) is 17.5 Å². The molecular weight excluding hydrogens is 443 g/mol. The Hall–Kier alpha value is -1.01. The maximum absolute atomic E-state index is 6.20. The van der Waals surface area contributed by atoms with Gasteiger partial charge in [-0.2, -0.15) is 0 Å². The third-order valence-electron chi connectivity index (χ3n) is 3.78. The number of ether oxygens (including phenoxy) is 2. The quantitative estimate of drug-likeness (QED) is 0.409. The number of hydrogen-bond donors (Lipinski definition) is 0. The number of fused-ring (bicyclic) bond motifs is 4. The molecule has 0 saturated heterocycles. The molecule has 2 aliphatic rings. The monoisotopic (exact) mass is 454 g/mol. The van der Waals surface area contributed by atoms with Crippen molar-refractivity contribution >= 4 is 49.9 Å². The number of alkyl halides is 1. The fraction of sp³-hybridized carbons (Fsp3) is 0.176. The van der Waals surface area contributed by atoms with E-state index in [0.29, 0.717) is 0 Å². The molecule has 2 aliphatic heterocycles. The minimum Gasteiger partial charge on any atom is -0.488 e. The highest BCUT2D eigenvalue weighted by atomic mass is 127. The van der Waals surface area contributed by atoms with Gasteiger partial charge in [-0.25, -0.2) is 0 Å². The minimum atomic E-state index is 0.244. The van der Waals surface area contributed by atoms with Crippen LogP contribution in [0.2, 0.25) is 0 Å². The fourth-order valence-corrected chi connectivity index (χ4v) is 3.69. The van der Waals surface area contributed by atoms with Gasteiger partial charge < -0.3 is 9.47 Å². The molecular formula is C17H12BrIO2. The second-order valence-corrected chi connectivity index (χ2v) is 6.94. The predicted octanol–water partition coefficient (Wildman–Crippen LogP) is 5.65. The Bertz CT molecular complexity index is 754. The number of rotatable bonds is 1. The van der Waals surface area contributed by atoms with Gasteiger partial charge in [0.2, 0.25) is 0 Å². The van der Waals surface area contributed by atoms with Crippen molar-refractivity contribution in [2.45, 2.75) is 12.5 Å². The fourth-order valence-electron chi connectivity index (χ4n) is 2.84. The molecule has 2 aromatic rings. The summed E-state index contributed by atoms with van der Waals surface area (Å²) in [7, 11) is 0. The van der Waals surface area contributed by atoms with Crippen LogP contribution in [0.5, 0.6) is 11.5 Å². The summed E-state index contributed by atoms with van der Waals surface area (Å²) in [6.45, 7) is 0. The molecule has 4 rings (SSSR count). The zero-order valence-electron chi connectivity index (χ0n) is 11.1. The number of hydrogen-bond acceptors (Lipinski definition) is 2. The van der Waals surface area contributed by atoms with Gasteiger partial charge >= 0.3 is 0 Å². The van der Waals surface area contributed by atoms with Gasteiger partial charge in [0.15, 0.2) is 0 Å². The highest BCUT2D eigenvalue weighted by molar-refractivity contribution is 14.1. The van der Waals surface area contributed by atoms with E-state index in [4.69, 9.17) is 9.47 Å². The lowest BCUT2D eigenvalue weighted by atomic mass is 9.98. The van der Waals surface area contributed by atoms with E-state index in [1.165, 1.54) is 5.57 Å². The summed E-state index contributed by atoms with van der Waals surface area (Å²) >= 11 is 5.93. The Kier molecular flexibility index (Phi) is 3.46. The smallest absolute Gasteiger partial charge is 0.138 e. The first-order valence-corrected chi connectivity index (χ1v) is 9.11. The lowest BCUT2D eigenvalue weighted by molar-refractivity contribution is 0.217. The molecule has 0 spiro atoms. The van der Waals surface area contributed by atoms with E-state index in [1.54, 1.807) is 0 Å². The molecule has 2 aromatic carbocycles. The first kappa shape index (κ1) is 13.6. The van der Waals surface area contributed by atoms with Crippen LogP contribution >= 0.6 is 38.5 Å². The van der Waals surface area contributed by atoms with Crippen molar-refractivity contribution in [3.63, 3.8) is 0 Å². The molecule has 21 heavy (non-hydrogen) atoms. The molecule has 1 unspecified atom stereocenters. The molecule has 0 radical (unpaired) electrons. The van der Waals surface area contributed by atoms with Crippen LogP contribution in [0, 0.1) is 0 Å². The summed E-state index contributed by atoms with van der Waals surface area (Å²) in [4.78, 5) is 0. The zero-order chi connectivity index (χ0) is 14.4. The summed E-state index contributed by atoms with van der Waals surface area (Å²) in [6.07, 6.45) is 1.18. The molecule has 0 saturated carbocycles. The summed E-state index contributed by atoms with van der Waals surface area (Å²) in [6, 6.07) is 14.3. The van der Waals surface area contributed by atoms with Crippen molar-refractivity contribution in [3.8, 4) is 11.5 Å². The summed E-state index contributed by atoms with van der Waals surface area (Å²) < 4.78 is 14.3. The second-order valence-electron chi connectivity index (χ2n) is 5.14. The highest BCUT2D eigenvalue weighted by Crippen LogP contribution is 2.48. The number of para-hydroxylation sites is 1. The van der Waals surface area contributed by atoms with Crippen LogP contribution in [-0.2, 0) is 4.74 Å². The van der Waals surface area contributed by atoms with E-state index < -0.39 is 0 Å². The molecule has 1 atom stereocenters. The molecule has 0 aliphatic carbocycles. The van der Waals surface area contributed by atoms with E-state index in [-0.39, 0.29) is 6.10 Å². The standard InChI is InChI=1S/C17H12BrIO2/c18-10-5-6-16-14(7-10)17-13(8-11(9-19)20-17)12-3-1-2-4-15(12)21-16/h1-7,11H,8-9H2. The van der Waals surface area contributed by atoms with Crippen LogP contribution in [-0.4, -0.2) is 10.5 Å². The highest BCUT2D eigenvalue weighted by Gasteiger charge is 2.32. The largest absolute Gasteiger partial charge is 0.488 e. The number of benzene rings is 2. The van der Waals surface area contributed by atoms with Gasteiger partial charge in [-0.15, -0.1) is 0 Å². The predicted molar refractivity (Wildman–Crippen MR) is 95.8 cm³/mol. The van der Waals surface area contributed by atoms with Crippen LogP contribution in [0.4, 0.5) is 0 Å². The van der Waals surface area contributed by atoms with Gasteiger partial charge in [0.1, 0.15) is 23.4 Å². The maximum atomic E-state index is 6.20. The Balaban J connectivity index is 1.97. The van der Waals surface area contributed by atoms with Crippen LogP contribution in [0.15, 0.2) is 46.9 Å². The summed E-state index contributed by atoms with van der Waals surface area (Å²) in [5, 5.41) is 0. The number of halogens is 2. The third-order valence-corrected chi connectivity index (χ3v) is 5.26. The van der Waals surface area contributed by atoms with Gasteiger partial charge in [0, 0.05) is 26.5 Å². The average Bonchev–Trinajstić information content (AvgIpc) is 2.89. The molecule has 2 nitrogen and oxygen atoms in total. The second kappa shape index (κ2) is 5.32. The molecule has 106 valence electrons. The lowest BCUT2D eigenvalue weighted by Gasteiger charge is -2.14. The average molecular weight is 455 g/mol. The first-order chi connectivity index (χ1) is 10.3. The van der Waals surface area contributed by atoms with E-state index in [2.05, 4.69) is 56.7 Å². The van der Waals surface area contributed by atoms with E-state index in [9.17, 15) is 0 Å². The van der Waals surface area contributed by atoms with Crippen LogP contribution in [0.25, 0.3) is 11.3 Å². The van der Waals surface area contributed by atoms with Gasteiger partial charge in [-0.1, -0.05) is 56.7 Å². The zero-order valence-corrected chi connectivity index (χ0v) is 14.8. The first-order valence-electron chi connectivity index (χ1n) is 6.79. The summed E-state index contributed by atoms with van der Waals surface area (Å²) in [5.74, 6) is 2.73. The van der Waals surface area contributed by atoms with Gasteiger partial charge in [0.05, 0.1) is 5.56 Å². The maximum Gasteiger partial charge on any atom is 0.138 e. The molecule has 0 aromatic heterocycles. The Morgan fingerprint density at radius 2 is 1.90 bits per heavy atom. The van der Waals surface area contributed by atoms with Crippen molar-refractivity contribution in [1.29, 1.82) is 0 Å².